The van der Waals surface area contributed by atoms with Crippen molar-refractivity contribution in [1.82, 2.24) is 4.72 Å². The number of rotatable bonds is 6. The van der Waals surface area contributed by atoms with E-state index in [4.69, 9.17) is 10.8 Å². The summed E-state index contributed by atoms with van der Waals surface area (Å²) in [6.45, 7) is 1.82. The van der Waals surface area contributed by atoms with Gasteiger partial charge in [0, 0.05) is 6.04 Å². The van der Waals surface area contributed by atoms with E-state index in [1.54, 1.807) is 0 Å². The maximum atomic E-state index is 12.2. The number of carbonyl (C=O) groups is 1. The molecule has 1 aliphatic carbocycles. The van der Waals surface area contributed by atoms with Gasteiger partial charge >= 0.3 is 5.97 Å². The molecule has 0 saturated heterocycles. The Morgan fingerprint density at radius 1 is 1.50 bits per heavy atom. The predicted octanol–water partition coefficient (Wildman–Crippen LogP) is 1.43. The standard InChI is InChI=1S/C13H18N2O4S/c1-8(6-9-2-3-9)15-20(18,19)12-5-4-10(13(16)17)7-11(12)14/h4-5,7-9,15H,2-3,6,14H2,1H3,(H,16,17). The summed E-state index contributed by atoms with van der Waals surface area (Å²) in [6.07, 6.45) is 3.12. The van der Waals surface area contributed by atoms with Crippen molar-refractivity contribution in [1.29, 1.82) is 0 Å². The Kier molecular flexibility index (Phi) is 4.01. The average molecular weight is 298 g/mol. The van der Waals surface area contributed by atoms with Crippen LogP contribution >= 0.6 is 0 Å². The van der Waals surface area contributed by atoms with Crippen LogP contribution in [0.4, 0.5) is 5.69 Å². The van der Waals surface area contributed by atoms with Gasteiger partial charge in [0.15, 0.2) is 0 Å². The first-order valence-electron chi connectivity index (χ1n) is 6.45. The van der Waals surface area contributed by atoms with E-state index in [9.17, 15) is 13.2 Å². The average Bonchev–Trinajstić information content (AvgIpc) is 3.11. The molecule has 1 aromatic rings. The number of nitrogens with one attached hydrogen (secondary N) is 1. The fourth-order valence-electron chi connectivity index (χ4n) is 2.16. The molecule has 0 radical (unpaired) electrons. The second-order valence-electron chi connectivity index (χ2n) is 5.26. The summed E-state index contributed by atoms with van der Waals surface area (Å²) in [5.41, 5.74) is 5.56. The van der Waals surface area contributed by atoms with Crippen molar-refractivity contribution in [3.05, 3.63) is 23.8 Å². The monoisotopic (exact) mass is 298 g/mol. The molecule has 4 N–H and O–H groups in total. The van der Waals surface area contributed by atoms with Crippen LogP contribution < -0.4 is 10.5 Å². The highest BCUT2D eigenvalue weighted by Crippen LogP contribution is 2.33. The van der Waals surface area contributed by atoms with E-state index in [0.717, 1.165) is 25.3 Å². The summed E-state index contributed by atoms with van der Waals surface area (Å²) in [5.74, 6) is -0.532. The summed E-state index contributed by atoms with van der Waals surface area (Å²) in [7, 11) is -3.72. The van der Waals surface area contributed by atoms with Crippen molar-refractivity contribution in [2.24, 2.45) is 5.92 Å². The molecule has 1 aromatic carbocycles. The minimum absolute atomic E-state index is 0.0347. The molecule has 7 heteroatoms. The number of anilines is 1. The Balaban J connectivity index is 2.17. The van der Waals surface area contributed by atoms with E-state index in [2.05, 4.69) is 4.72 Å². The Morgan fingerprint density at radius 2 is 2.15 bits per heavy atom. The van der Waals surface area contributed by atoms with Gasteiger partial charge in [0.05, 0.1) is 11.3 Å². The highest BCUT2D eigenvalue weighted by molar-refractivity contribution is 7.89. The zero-order valence-electron chi connectivity index (χ0n) is 11.2. The molecule has 110 valence electrons. The summed E-state index contributed by atoms with van der Waals surface area (Å²) in [4.78, 5) is 10.7. The van der Waals surface area contributed by atoms with Gasteiger partial charge in [-0.25, -0.2) is 17.9 Å². The molecule has 0 heterocycles. The first-order chi connectivity index (χ1) is 9.29. The first kappa shape index (κ1) is 14.8. The molecular weight excluding hydrogens is 280 g/mol. The van der Waals surface area contributed by atoms with Gasteiger partial charge in [-0.05, 0) is 37.5 Å². The van der Waals surface area contributed by atoms with Gasteiger partial charge in [-0.1, -0.05) is 12.8 Å². The number of carboxylic acid groups (broad SMARTS) is 1. The lowest BCUT2D eigenvalue weighted by Crippen LogP contribution is -2.33. The van der Waals surface area contributed by atoms with Crippen LogP contribution in [0.15, 0.2) is 23.1 Å². The number of benzene rings is 1. The molecule has 2 rings (SSSR count). The number of nitrogens with two attached hydrogens (primary N) is 1. The lowest BCUT2D eigenvalue weighted by atomic mass is 10.2. The Bertz CT molecular complexity index is 623. The maximum Gasteiger partial charge on any atom is 0.335 e. The summed E-state index contributed by atoms with van der Waals surface area (Å²) in [6, 6.07) is 3.46. The third kappa shape index (κ3) is 3.49. The quantitative estimate of drug-likeness (QED) is 0.688. The number of sulfonamides is 1. The van der Waals surface area contributed by atoms with Gasteiger partial charge in [0.2, 0.25) is 10.0 Å². The fraction of sp³-hybridized carbons (Fsp3) is 0.462. The highest BCUT2D eigenvalue weighted by atomic mass is 32.2. The number of nitrogen functional groups attached to an aromatic ring is 1. The largest absolute Gasteiger partial charge is 0.478 e. The number of hydrogen-bond acceptors (Lipinski definition) is 4. The zero-order valence-corrected chi connectivity index (χ0v) is 12.0. The summed E-state index contributed by atoms with van der Waals surface area (Å²) < 4.78 is 27.0. The number of carboxylic acids is 1. The van der Waals surface area contributed by atoms with Crippen molar-refractivity contribution in [2.45, 2.75) is 37.1 Å². The zero-order chi connectivity index (χ0) is 14.9. The van der Waals surface area contributed by atoms with Crippen LogP contribution in [0.3, 0.4) is 0 Å². The Morgan fingerprint density at radius 3 is 2.65 bits per heavy atom. The lowest BCUT2D eigenvalue weighted by molar-refractivity contribution is 0.0697. The molecule has 0 aromatic heterocycles. The lowest BCUT2D eigenvalue weighted by Gasteiger charge is -2.15. The van der Waals surface area contributed by atoms with Crippen LogP contribution in [0, 0.1) is 5.92 Å². The van der Waals surface area contributed by atoms with E-state index in [1.165, 1.54) is 12.1 Å². The van der Waals surface area contributed by atoms with Crippen molar-refractivity contribution in [3.63, 3.8) is 0 Å². The first-order valence-corrected chi connectivity index (χ1v) is 7.93. The topological polar surface area (TPSA) is 109 Å². The number of hydrogen-bond donors (Lipinski definition) is 3. The molecule has 0 spiro atoms. The molecule has 1 saturated carbocycles. The minimum Gasteiger partial charge on any atom is -0.478 e. The third-order valence-electron chi connectivity index (χ3n) is 3.29. The molecular formula is C13H18N2O4S. The van der Waals surface area contributed by atoms with Gasteiger partial charge in [-0.2, -0.15) is 0 Å². The van der Waals surface area contributed by atoms with Crippen LogP contribution in [0.1, 0.15) is 36.5 Å². The molecule has 1 aliphatic rings. The smallest absolute Gasteiger partial charge is 0.335 e. The Labute approximate surface area is 118 Å². The van der Waals surface area contributed by atoms with Gasteiger partial charge in [-0.15, -0.1) is 0 Å². The second-order valence-corrected chi connectivity index (χ2v) is 6.94. The van der Waals surface area contributed by atoms with Gasteiger partial charge in [0.25, 0.3) is 0 Å². The van der Waals surface area contributed by atoms with Crippen LogP contribution in [-0.2, 0) is 10.0 Å². The molecule has 0 bridgehead atoms. The van der Waals surface area contributed by atoms with E-state index in [0.29, 0.717) is 5.92 Å². The van der Waals surface area contributed by atoms with Crippen LogP contribution in [0.25, 0.3) is 0 Å². The van der Waals surface area contributed by atoms with Crippen LogP contribution in [0.5, 0.6) is 0 Å². The molecule has 0 aliphatic heterocycles. The van der Waals surface area contributed by atoms with Crippen molar-refractivity contribution in [3.8, 4) is 0 Å². The van der Waals surface area contributed by atoms with E-state index in [-0.39, 0.29) is 22.2 Å². The highest BCUT2D eigenvalue weighted by Gasteiger charge is 2.27. The maximum absolute atomic E-state index is 12.2. The molecule has 0 amide bonds. The van der Waals surface area contributed by atoms with E-state index in [1.807, 2.05) is 6.92 Å². The Hall–Kier alpha value is -1.60. The van der Waals surface area contributed by atoms with Crippen molar-refractivity contribution in [2.75, 3.05) is 5.73 Å². The predicted molar refractivity (Wildman–Crippen MR) is 74.9 cm³/mol. The van der Waals surface area contributed by atoms with Crippen molar-refractivity contribution >= 4 is 21.7 Å². The fourth-order valence-corrected chi connectivity index (χ4v) is 3.53. The molecule has 1 unspecified atom stereocenters. The van der Waals surface area contributed by atoms with Gasteiger partial charge in [-0.3, -0.25) is 0 Å². The molecule has 1 atom stereocenters. The van der Waals surface area contributed by atoms with E-state index >= 15 is 0 Å². The van der Waals surface area contributed by atoms with Crippen molar-refractivity contribution < 1.29 is 18.3 Å². The van der Waals surface area contributed by atoms with Gasteiger partial charge in [0.1, 0.15) is 4.90 Å². The minimum atomic E-state index is -3.72. The summed E-state index contributed by atoms with van der Waals surface area (Å²) in [5, 5.41) is 8.83. The summed E-state index contributed by atoms with van der Waals surface area (Å²) >= 11 is 0. The normalized spacial score (nSPS) is 16.9. The second kappa shape index (κ2) is 5.41. The number of aromatic carboxylic acids is 1. The van der Waals surface area contributed by atoms with Crippen LogP contribution in [-0.4, -0.2) is 25.5 Å². The molecule has 6 nitrogen and oxygen atoms in total. The SMILES string of the molecule is CC(CC1CC1)NS(=O)(=O)c1ccc(C(=O)O)cc1N. The molecule has 1 fully saturated rings. The third-order valence-corrected chi connectivity index (χ3v) is 4.95. The van der Waals surface area contributed by atoms with Gasteiger partial charge < -0.3 is 10.8 Å². The molecule has 20 heavy (non-hydrogen) atoms. The van der Waals surface area contributed by atoms with E-state index < -0.39 is 16.0 Å². The van der Waals surface area contributed by atoms with Crippen LogP contribution in [0.2, 0.25) is 0 Å².